The van der Waals surface area contributed by atoms with E-state index >= 15 is 0 Å². The summed E-state index contributed by atoms with van der Waals surface area (Å²) >= 11 is 0. The molecular weight excluding hydrogens is 288 g/mol. The van der Waals surface area contributed by atoms with Crippen molar-refractivity contribution in [2.75, 3.05) is 32.8 Å². The number of rotatable bonds is 7. The monoisotopic (exact) mass is 319 g/mol. The van der Waals surface area contributed by atoms with Crippen LogP contribution in [0.3, 0.4) is 0 Å². The van der Waals surface area contributed by atoms with Crippen LogP contribution in [0.4, 0.5) is 0 Å². The van der Waals surface area contributed by atoms with Gasteiger partial charge in [0.25, 0.3) is 5.91 Å². The van der Waals surface area contributed by atoms with Gasteiger partial charge in [-0.1, -0.05) is 30.3 Å². The van der Waals surface area contributed by atoms with Crippen LogP contribution >= 0.6 is 0 Å². The van der Waals surface area contributed by atoms with Gasteiger partial charge in [0.15, 0.2) is 6.04 Å². The van der Waals surface area contributed by atoms with E-state index in [0.29, 0.717) is 6.54 Å². The maximum absolute atomic E-state index is 12.6. The van der Waals surface area contributed by atoms with Crippen LogP contribution < -0.4 is 10.2 Å². The molecule has 2 N–H and O–H groups in total. The molecule has 23 heavy (non-hydrogen) atoms. The van der Waals surface area contributed by atoms with E-state index in [9.17, 15) is 4.79 Å². The second kappa shape index (κ2) is 8.46. The van der Waals surface area contributed by atoms with E-state index in [1.165, 1.54) is 10.5 Å². The van der Waals surface area contributed by atoms with E-state index in [-0.39, 0.29) is 17.4 Å². The Kier molecular flexibility index (Phi) is 6.60. The summed E-state index contributed by atoms with van der Waals surface area (Å²) in [5.41, 5.74) is 1.32. The highest BCUT2D eigenvalue weighted by molar-refractivity contribution is 5.80. The number of carbonyl (C=O) groups is 1. The van der Waals surface area contributed by atoms with Crippen LogP contribution in [-0.4, -0.2) is 44.8 Å². The summed E-state index contributed by atoms with van der Waals surface area (Å²) in [6.07, 6.45) is 1.92. The Hall–Kier alpha value is -1.39. The van der Waals surface area contributed by atoms with E-state index in [1.54, 1.807) is 0 Å². The van der Waals surface area contributed by atoms with Gasteiger partial charge in [0, 0.05) is 25.2 Å². The highest BCUT2D eigenvalue weighted by Gasteiger charge is 2.35. The zero-order valence-corrected chi connectivity index (χ0v) is 14.7. The molecule has 0 aliphatic carbocycles. The topological polar surface area (TPSA) is 42.8 Å². The predicted molar refractivity (Wildman–Crippen MR) is 92.7 cm³/mol. The molecule has 4 heteroatoms. The number of hydrogen-bond donors (Lipinski definition) is 2. The molecule has 1 amide bonds. The number of carbonyl (C=O) groups excluding carboxylic acids is 1. The largest absolute Gasteiger partial charge is 0.381 e. The molecule has 1 atom stereocenters. The van der Waals surface area contributed by atoms with Gasteiger partial charge in [-0.15, -0.1) is 0 Å². The second-order valence-corrected chi connectivity index (χ2v) is 6.56. The molecule has 0 radical (unpaired) electrons. The van der Waals surface area contributed by atoms with E-state index < -0.39 is 0 Å². The van der Waals surface area contributed by atoms with Crippen LogP contribution in [-0.2, 0) is 14.9 Å². The summed E-state index contributed by atoms with van der Waals surface area (Å²) in [6.45, 7) is 10.5. The highest BCUT2D eigenvalue weighted by Crippen LogP contribution is 2.34. The first kappa shape index (κ1) is 18.0. The summed E-state index contributed by atoms with van der Waals surface area (Å²) in [4.78, 5) is 13.9. The lowest BCUT2D eigenvalue weighted by Gasteiger charge is -2.38. The molecule has 1 aliphatic rings. The van der Waals surface area contributed by atoms with Crippen molar-refractivity contribution in [2.24, 2.45) is 0 Å². The summed E-state index contributed by atoms with van der Waals surface area (Å²) < 4.78 is 5.56. The molecule has 0 spiro atoms. The molecule has 0 unspecified atom stereocenters. The first-order chi connectivity index (χ1) is 11.1. The fraction of sp³-hybridized carbons (Fsp3) is 0.632. The van der Waals surface area contributed by atoms with Crippen LogP contribution in [0, 0.1) is 0 Å². The Morgan fingerprint density at radius 2 is 1.83 bits per heavy atom. The fourth-order valence-corrected chi connectivity index (χ4v) is 3.58. The molecule has 1 aromatic rings. The van der Waals surface area contributed by atoms with E-state index in [0.717, 1.165) is 39.1 Å². The van der Waals surface area contributed by atoms with Gasteiger partial charge >= 0.3 is 0 Å². The van der Waals surface area contributed by atoms with Crippen molar-refractivity contribution in [1.29, 1.82) is 0 Å². The van der Waals surface area contributed by atoms with Crippen molar-refractivity contribution in [2.45, 2.75) is 45.1 Å². The molecule has 4 nitrogen and oxygen atoms in total. The maximum Gasteiger partial charge on any atom is 0.278 e. The van der Waals surface area contributed by atoms with Crippen LogP contribution in [0.25, 0.3) is 0 Å². The predicted octanol–water partition coefficient (Wildman–Crippen LogP) is 1.16. The Bertz CT molecular complexity index is 479. The number of quaternary nitrogens is 1. The second-order valence-electron chi connectivity index (χ2n) is 6.56. The van der Waals surface area contributed by atoms with Crippen molar-refractivity contribution < 1.29 is 14.4 Å². The van der Waals surface area contributed by atoms with Crippen LogP contribution in [0.5, 0.6) is 0 Å². The SMILES string of the molecule is CC[NH+](CC)[C@@H](C)C(=O)NCC1(c2ccccc2)CCOCC1. The molecule has 2 rings (SSSR count). The minimum absolute atomic E-state index is 0.00216. The normalized spacial score (nSPS) is 18.6. The first-order valence-electron chi connectivity index (χ1n) is 8.88. The zero-order valence-electron chi connectivity index (χ0n) is 14.7. The average molecular weight is 319 g/mol. The first-order valence-corrected chi connectivity index (χ1v) is 8.88. The van der Waals surface area contributed by atoms with Gasteiger partial charge in [-0.2, -0.15) is 0 Å². The van der Waals surface area contributed by atoms with Gasteiger partial charge in [-0.05, 0) is 39.2 Å². The van der Waals surface area contributed by atoms with Crippen molar-refractivity contribution in [3.05, 3.63) is 35.9 Å². The quantitative estimate of drug-likeness (QED) is 0.792. The third-order valence-corrected chi connectivity index (χ3v) is 5.35. The van der Waals surface area contributed by atoms with Crippen molar-refractivity contribution in [3.63, 3.8) is 0 Å². The van der Waals surface area contributed by atoms with Gasteiger partial charge in [0.1, 0.15) is 0 Å². The average Bonchev–Trinajstić information content (AvgIpc) is 2.62. The lowest BCUT2D eigenvalue weighted by Crippen LogP contribution is -3.16. The zero-order chi connectivity index (χ0) is 16.7. The Morgan fingerprint density at radius 3 is 2.39 bits per heavy atom. The molecular formula is C19H31N2O2+. The maximum atomic E-state index is 12.6. The fourth-order valence-electron chi connectivity index (χ4n) is 3.58. The Balaban J connectivity index is 2.06. The highest BCUT2D eigenvalue weighted by atomic mass is 16.5. The molecule has 1 heterocycles. The van der Waals surface area contributed by atoms with Crippen molar-refractivity contribution in [3.8, 4) is 0 Å². The molecule has 128 valence electrons. The number of hydrogen-bond acceptors (Lipinski definition) is 2. The van der Waals surface area contributed by atoms with Crippen LogP contribution in [0.15, 0.2) is 30.3 Å². The van der Waals surface area contributed by atoms with Gasteiger partial charge in [0.2, 0.25) is 0 Å². The number of ether oxygens (including phenoxy) is 1. The summed E-state index contributed by atoms with van der Waals surface area (Å²) in [7, 11) is 0. The van der Waals surface area contributed by atoms with E-state index in [4.69, 9.17) is 4.74 Å². The number of amides is 1. The molecule has 1 fully saturated rings. The lowest BCUT2D eigenvalue weighted by molar-refractivity contribution is -0.910. The minimum Gasteiger partial charge on any atom is -0.381 e. The molecule has 1 aliphatic heterocycles. The van der Waals surface area contributed by atoms with Gasteiger partial charge < -0.3 is 15.0 Å². The Labute approximate surface area is 140 Å². The number of likely N-dealkylation sites (N-methyl/N-ethyl adjacent to an activating group) is 1. The number of nitrogens with one attached hydrogen (secondary N) is 2. The van der Waals surface area contributed by atoms with Gasteiger partial charge in [-0.25, -0.2) is 0 Å². The minimum atomic E-state index is -0.00216. The lowest BCUT2D eigenvalue weighted by atomic mass is 9.74. The summed E-state index contributed by atoms with van der Waals surface area (Å²) in [6, 6.07) is 10.6. The Morgan fingerprint density at radius 1 is 1.22 bits per heavy atom. The van der Waals surface area contributed by atoms with Crippen LogP contribution in [0.2, 0.25) is 0 Å². The number of benzene rings is 1. The summed E-state index contributed by atoms with van der Waals surface area (Å²) in [5, 5.41) is 3.23. The van der Waals surface area contributed by atoms with E-state index in [1.807, 2.05) is 13.0 Å². The van der Waals surface area contributed by atoms with Crippen molar-refractivity contribution in [1.82, 2.24) is 5.32 Å². The van der Waals surface area contributed by atoms with Gasteiger partial charge in [-0.3, -0.25) is 4.79 Å². The molecule has 0 saturated carbocycles. The van der Waals surface area contributed by atoms with Crippen LogP contribution in [0.1, 0.15) is 39.2 Å². The molecule has 0 aromatic heterocycles. The standard InChI is InChI=1S/C19H30N2O2/c1-4-21(5-2)16(3)18(22)20-15-19(11-13-23-14-12-19)17-9-7-6-8-10-17/h6-10,16H,4-5,11-15H2,1-3H3,(H,20,22)/p+1/t16-/m0/s1. The van der Waals surface area contributed by atoms with Crippen molar-refractivity contribution >= 4 is 5.91 Å². The molecule has 1 saturated heterocycles. The third-order valence-electron chi connectivity index (χ3n) is 5.35. The smallest absolute Gasteiger partial charge is 0.278 e. The third kappa shape index (κ3) is 4.33. The molecule has 0 bridgehead atoms. The summed E-state index contributed by atoms with van der Waals surface area (Å²) in [5.74, 6) is 0.158. The van der Waals surface area contributed by atoms with E-state index in [2.05, 4.69) is 43.4 Å². The van der Waals surface area contributed by atoms with Gasteiger partial charge in [0.05, 0.1) is 13.1 Å². The molecule has 1 aromatic carbocycles.